The molecule has 4 nitrogen and oxygen atoms in total. The predicted octanol–water partition coefficient (Wildman–Crippen LogP) is 1.63. The number of methoxy groups -OCH3 is 1. The highest BCUT2D eigenvalue weighted by molar-refractivity contribution is 5.77. The maximum absolute atomic E-state index is 12.1. The second kappa shape index (κ2) is 6.53. The number of piperidine rings is 1. The third kappa shape index (κ3) is 4.58. The molecule has 4 heteroatoms. The average molecular weight is 256 g/mol. The van der Waals surface area contributed by atoms with Crippen LogP contribution in [-0.4, -0.2) is 43.7 Å². The summed E-state index contributed by atoms with van der Waals surface area (Å²) in [6, 6.07) is -0.0679. The van der Waals surface area contributed by atoms with Gasteiger partial charge in [-0.3, -0.25) is 4.79 Å². The van der Waals surface area contributed by atoms with E-state index in [2.05, 4.69) is 20.8 Å². The average Bonchev–Trinajstić information content (AvgIpc) is 2.29. The van der Waals surface area contributed by atoms with Crippen molar-refractivity contribution in [3.63, 3.8) is 0 Å². The first-order valence-electron chi connectivity index (χ1n) is 6.87. The molecule has 0 saturated carbocycles. The van der Waals surface area contributed by atoms with Gasteiger partial charge in [0.25, 0.3) is 0 Å². The van der Waals surface area contributed by atoms with Gasteiger partial charge in [-0.25, -0.2) is 0 Å². The predicted molar refractivity (Wildman–Crippen MR) is 73.2 cm³/mol. The zero-order chi connectivity index (χ0) is 13.8. The lowest BCUT2D eigenvalue weighted by molar-refractivity contribution is -0.133. The highest BCUT2D eigenvalue weighted by Crippen LogP contribution is 2.22. The third-order valence-corrected chi connectivity index (χ3v) is 3.88. The van der Waals surface area contributed by atoms with Gasteiger partial charge in [0, 0.05) is 39.3 Å². The number of amides is 1. The summed E-state index contributed by atoms with van der Waals surface area (Å²) in [6.45, 7) is 8.75. The lowest BCUT2D eigenvalue weighted by Crippen LogP contribution is -2.44. The third-order valence-electron chi connectivity index (χ3n) is 3.88. The Morgan fingerprint density at radius 3 is 2.39 bits per heavy atom. The van der Waals surface area contributed by atoms with Gasteiger partial charge in [-0.05, 0) is 24.2 Å². The van der Waals surface area contributed by atoms with Gasteiger partial charge in [-0.1, -0.05) is 20.8 Å². The molecule has 1 saturated heterocycles. The molecule has 0 radical (unpaired) electrons. The summed E-state index contributed by atoms with van der Waals surface area (Å²) >= 11 is 0. The van der Waals surface area contributed by atoms with E-state index in [1.54, 1.807) is 7.11 Å². The monoisotopic (exact) mass is 256 g/mol. The SMILES string of the molecule is COCC1CCN(C(=O)CC(N)C(C)(C)C)CC1. The van der Waals surface area contributed by atoms with Crippen molar-refractivity contribution in [2.75, 3.05) is 26.8 Å². The number of hydrogen-bond acceptors (Lipinski definition) is 3. The van der Waals surface area contributed by atoms with Crippen molar-refractivity contribution < 1.29 is 9.53 Å². The Hall–Kier alpha value is -0.610. The van der Waals surface area contributed by atoms with E-state index in [0.717, 1.165) is 32.5 Å². The van der Waals surface area contributed by atoms with Gasteiger partial charge in [0.2, 0.25) is 5.91 Å². The van der Waals surface area contributed by atoms with Crippen molar-refractivity contribution in [1.29, 1.82) is 0 Å². The molecule has 0 aromatic carbocycles. The number of nitrogens with zero attached hydrogens (tertiary/aromatic N) is 1. The van der Waals surface area contributed by atoms with Crippen LogP contribution in [0.2, 0.25) is 0 Å². The van der Waals surface area contributed by atoms with Gasteiger partial charge in [-0.15, -0.1) is 0 Å². The molecule has 1 aliphatic rings. The van der Waals surface area contributed by atoms with E-state index in [0.29, 0.717) is 12.3 Å². The highest BCUT2D eigenvalue weighted by atomic mass is 16.5. The molecule has 1 unspecified atom stereocenters. The van der Waals surface area contributed by atoms with Crippen molar-refractivity contribution in [3.8, 4) is 0 Å². The van der Waals surface area contributed by atoms with E-state index in [1.807, 2.05) is 4.90 Å². The fourth-order valence-corrected chi connectivity index (χ4v) is 2.21. The molecule has 1 atom stereocenters. The van der Waals surface area contributed by atoms with E-state index in [-0.39, 0.29) is 17.4 Å². The number of carbonyl (C=O) groups excluding carboxylic acids is 1. The molecule has 1 amide bonds. The molecule has 0 spiro atoms. The Labute approximate surface area is 111 Å². The quantitative estimate of drug-likeness (QED) is 0.832. The largest absolute Gasteiger partial charge is 0.384 e. The number of hydrogen-bond donors (Lipinski definition) is 1. The zero-order valence-electron chi connectivity index (χ0n) is 12.2. The molecular formula is C14H28N2O2. The Morgan fingerprint density at radius 1 is 1.39 bits per heavy atom. The second-order valence-electron chi connectivity index (χ2n) is 6.46. The fourth-order valence-electron chi connectivity index (χ4n) is 2.21. The van der Waals surface area contributed by atoms with Crippen molar-refractivity contribution in [2.45, 2.75) is 46.1 Å². The molecule has 1 aliphatic heterocycles. The van der Waals surface area contributed by atoms with Gasteiger partial charge in [-0.2, -0.15) is 0 Å². The molecule has 106 valence electrons. The zero-order valence-corrected chi connectivity index (χ0v) is 12.2. The summed E-state index contributed by atoms with van der Waals surface area (Å²) in [7, 11) is 1.74. The topological polar surface area (TPSA) is 55.6 Å². The van der Waals surface area contributed by atoms with E-state index in [1.165, 1.54) is 0 Å². The number of rotatable bonds is 4. The van der Waals surface area contributed by atoms with Crippen molar-refractivity contribution >= 4 is 5.91 Å². The Bertz CT molecular complexity index is 265. The van der Waals surface area contributed by atoms with Crippen LogP contribution in [0.1, 0.15) is 40.0 Å². The molecular weight excluding hydrogens is 228 g/mol. The summed E-state index contributed by atoms with van der Waals surface area (Å²) < 4.78 is 5.16. The highest BCUT2D eigenvalue weighted by Gasteiger charge is 2.27. The smallest absolute Gasteiger partial charge is 0.224 e. The number of ether oxygens (including phenoxy) is 1. The normalized spacial score (nSPS) is 19.9. The summed E-state index contributed by atoms with van der Waals surface area (Å²) in [5.41, 5.74) is 6.06. The van der Waals surface area contributed by atoms with E-state index in [9.17, 15) is 4.79 Å². The maximum Gasteiger partial charge on any atom is 0.224 e. The van der Waals surface area contributed by atoms with Crippen LogP contribution in [0.15, 0.2) is 0 Å². The van der Waals surface area contributed by atoms with Crippen molar-refractivity contribution in [1.82, 2.24) is 4.90 Å². The van der Waals surface area contributed by atoms with Crippen molar-refractivity contribution in [2.24, 2.45) is 17.1 Å². The number of carbonyl (C=O) groups is 1. The standard InChI is InChI=1S/C14H28N2O2/c1-14(2,3)12(15)9-13(17)16-7-5-11(6-8-16)10-18-4/h11-12H,5-10,15H2,1-4H3. The molecule has 1 fully saturated rings. The van der Waals surface area contributed by atoms with Gasteiger partial charge < -0.3 is 15.4 Å². The molecule has 0 aromatic heterocycles. The van der Waals surface area contributed by atoms with Crippen LogP contribution < -0.4 is 5.73 Å². The first-order chi connectivity index (χ1) is 8.34. The van der Waals surface area contributed by atoms with Gasteiger partial charge in [0.05, 0.1) is 0 Å². The summed E-state index contributed by atoms with van der Waals surface area (Å²) in [6.07, 6.45) is 2.55. The van der Waals surface area contributed by atoms with Crippen LogP contribution in [0.3, 0.4) is 0 Å². The van der Waals surface area contributed by atoms with Crippen LogP contribution in [0.5, 0.6) is 0 Å². The van der Waals surface area contributed by atoms with Gasteiger partial charge >= 0.3 is 0 Å². The van der Waals surface area contributed by atoms with E-state index in [4.69, 9.17) is 10.5 Å². The van der Waals surface area contributed by atoms with Crippen molar-refractivity contribution in [3.05, 3.63) is 0 Å². The minimum atomic E-state index is -0.0679. The van der Waals surface area contributed by atoms with Crippen LogP contribution in [0, 0.1) is 11.3 Å². The summed E-state index contributed by atoms with van der Waals surface area (Å²) in [5.74, 6) is 0.809. The second-order valence-corrected chi connectivity index (χ2v) is 6.46. The van der Waals surface area contributed by atoms with Gasteiger partial charge in [0.1, 0.15) is 0 Å². The molecule has 0 aromatic rings. The Balaban J connectivity index is 2.36. The molecule has 18 heavy (non-hydrogen) atoms. The van der Waals surface area contributed by atoms with Crippen LogP contribution in [0.25, 0.3) is 0 Å². The minimum absolute atomic E-state index is 0.00989. The number of likely N-dealkylation sites (tertiary alicyclic amines) is 1. The first-order valence-corrected chi connectivity index (χ1v) is 6.87. The molecule has 0 bridgehead atoms. The minimum Gasteiger partial charge on any atom is -0.384 e. The fraction of sp³-hybridized carbons (Fsp3) is 0.929. The van der Waals surface area contributed by atoms with Crippen LogP contribution in [-0.2, 0) is 9.53 Å². The number of nitrogens with two attached hydrogens (primary N) is 1. The van der Waals surface area contributed by atoms with E-state index < -0.39 is 0 Å². The van der Waals surface area contributed by atoms with Crippen LogP contribution >= 0.6 is 0 Å². The molecule has 1 heterocycles. The lowest BCUT2D eigenvalue weighted by Gasteiger charge is -2.34. The lowest BCUT2D eigenvalue weighted by atomic mass is 9.85. The molecule has 2 N–H and O–H groups in total. The summed E-state index contributed by atoms with van der Waals surface area (Å²) in [4.78, 5) is 14.1. The first kappa shape index (κ1) is 15.4. The Kier molecular flexibility index (Phi) is 5.60. The van der Waals surface area contributed by atoms with Gasteiger partial charge in [0.15, 0.2) is 0 Å². The maximum atomic E-state index is 12.1. The van der Waals surface area contributed by atoms with E-state index >= 15 is 0 Å². The van der Waals surface area contributed by atoms with Crippen LogP contribution in [0.4, 0.5) is 0 Å². The molecule has 0 aliphatic carbocycles. The molecule has 1 rings (SSSR count). The Morgan fingerprint density at radius 2 is 1.94 bits per heavy atom. The summed E-state index contributed by atoms with van der Waals surface area (Å²) in [5, 5.41) is 0.